The maximum atomic E-state index is 11.5. The molecule has 0 unspecified atom stereocenters. The molecule has 16 heavy (non-hydrogen) atoms. The molecule has 0 atom stereocenters. The van der Waals surface area contributed by atoms with Gasteiger partial charge in [-0.2, -0.15) is 13.1 Å². The molecule has 0 saturated carbocycles. The third-order valence-corrected chi connectivity index (χ3v) is 3.54. The van der Waals surface area contributed by atoms with E-state index in [2.05, 4.69) is 25.4 Å². The molecule has 0 saturated heterocycles. The van der Waals surface area contributed by atoms with Gasteiger partial charge < -0.3 is 5.73 Å². The van der Waals surface area contributed by atoms with E-state index < -0.39 is 10.2 Å². The van der Waals surface area contributed by atoms with E-state index in [0.717, 1.165) is 6.42 Å². The molecule has 0 heterocycles. The van der Waals surface area contributed by atoms with Crippen LogP contribution in [0.1, 0.15) is 13.3 Å². The normalized spacial score (nSPS) is 11.4. The lowest BCUT2D eigenvalue weighted by Crippen LogP contribution is -2.30. The minimum atomic E-state index is -3.52. The van der Waals surface area contributed by atoms with Gasteiger partial charge in [0.05, 0.1) is 5.69 Å². The molecule has 4 N–H and O–H groups in total. The third kappa shape index (κ3) is 3.99. The van der Waals surface area contributed by atoms with Gasteiger partial charge in [0.25, 0.3) is 10.2 Å². The molecule has 0 radical (unpaired) electrons. The van der Waals surface area contributed by atoms with Crippen molar-refractivity contribution >= 4 is 37.5 Å². The van der Waals surface area contributed by atoms with Crippen LogP contribution in [0.15, 0.2) is 22.7 Å². The Hall–Kier alpha value is -0.790. The van der Waals surface area contributed by atoms with Gasteiger partial charge in [-0.25, -0.2) is 0 Å². The van der Waals surface area contributed by atoms with E-state index in [0.29, 0.717) is 22.4 Å². The van der Waals surface area contributed by atoms with E-state index in [1.165, 1.54) is 0 Å². The minimum absolute atomic E-state index is 0.398. The van der Waals surface area contributed by atoms with E-state index in [9.17, 15) is 8.42 Å². The van der Waals surface area contributed by atoms with Crippen LogP contribution in [0.2, 0.25) is 0 Å². The Labute approximate surface area is 104 Å². The minimum Gasteiger partial charge on any atom is -0.399 e. The lowest BCUT2D eigenvalue weighted by Gasteiger charge is -2.10. The van der Waals surface area contributed by atoms with Crippen molar-refractivity contribution < 1.29 is 8.42 Å². The predicted octanol–water partition coefficient (Wildman–Crippen LogP) is 1.69. The molecule has 1 aromatic rings. The SMILES string of the molecule is CCCNS(=O)(=O)Nc1cc(N)ccc1Br. The van der Waals surface area contributed by atoms with Crippen molar-refractivity contribution in [2.24, 2.45) is 0 Å². The van der Waals surface area contributed by atoms with Crippen LogP contribution in [0.3, 0.4) is 0 Å². The van der Waals surface area contributed by atoms with Crippen LogP contribution >= 0.6 is 15.9 Å². The molecule has 0 aliphatic heterocycles. The molecule has 0 spiro atoms. The lowest BCUT2D eigenvalue weighted by molar-refractivity contribution is 0.586. The topological polar surface area (TPSA) is 84.2 Å². The number of anilines is 2. The van der Waals surface area contributed by atoms with Gasteiger partial charge in [-0.15, -0.1) is 0 Å². The summed E-state index contributed by atoms with van der Waals surface area (Å²) in [6.07, 6.45) is 0.735. The van der Waals surface area contributed by atoms with Gasteiger partial charge in [0.2, 0.25) is 0 Å². The summed E-state index contributed by atoms with van der Waals surface area (Å²) in [7, 11) is -3.52. The molecule has 1 aromatic carbocycles. The van der Waals surface area contributed by atoms with Crippen LogP contribution in [0.25, 0.3) is 0 Å². The molecule has 0 fully saturated rings. The summed E-state index contributed by atoms with van der Waals surface area (Å²) in [5, 5.41) is 0. The second kappa shape index (κ2) is 5.51. The number of halogens is 1. The highest BCUT2D eigenvalue weighted by atomic mass is 79.9. The average molecular weight is 308 g/mol. The summed E-state index contributed by atoms with van der Waals surface area (Å²) in [5.74, 6) is 0. The molecule has 0 aliphatic rings. The first-order valence-corrected chi connectivity index (χ1v) is 7.04. The maximum absolute atomic E-state index is 11.5. The van der Waals surface area contributed by atoms with Crippen molar-refractivity contribution in [3.63, 3.8) is 0 Å². The van der Waals surface area contributed by atoms with Gasteiger partial charge in [0.15, 0.2) is 0 Å². The molecule has 0 bridgehead atoms. The monoisotopic (exact) mass is 307 g/mol. The number of nitrogens with one attached hydrogen (secondary N) is 2. The Kier molecular flexibility index (Phi) is 4.57. The van der Waals surface area contributed by atoms with Crippen LogP contribution in [0.4, 0.5) is 11.4 Å². The van der Waals surface area contributed by atoms with Crippen LogP contribution in [-0.2, 0) is 10.2 Å². The van der Waals surface area contributed by atoms with Crippen molar-refractivity contribution in [3.05, 3.63) is 22.7 Å². The Morgan fingerprint density at radius 2 is 2.12 bits per heavy atom. The summed E-state index contributed by atoms with van der Waals surface area (Å²) >= 11 is 3.24. The van der Waals surface area contributed by atoms with E-state index in [1.54, 1.807) is 18.2 Å². The number of benzene rings is 1. The van der Waals surface area contributed by atoms with Gasteiger partial charge in [-0.05, 0) is 40.5 Å². The second-order valence-corrected chi connectivity index (χ2v) is 5.59. The van der Waals surface area contributed by atoms with Crippen molar-refractivity contribution in [1.82, 2.24) is 4.72 Å². The van der Waals surface area contributed by atoms with Crippen molar-refractivity contribution in [2.75, 3.05) is 17.0 Å². The Morgan fingerprint density at radius 3 is 2.75 bits per heavy atom. The van der Waals surface area contributed by atoms with Gasteiger partial charge in [-0.1, -0.05) is 6.92 Å². The summed E-state index contributed by atoms with van der Waals surface area (Å²) in [6.45, 7) is 2.29. The standard InChI is InChI=1S/C9H14BrN3O2S/c1-2-5-12-16(14,15)13-9-6-7(11)3-4-8(9)10/h3-4,6,12-13H,2,5,11H2,1H3. The first kappa shape index (κ1) is 13.3. The molecule has 7 heteroatoms. The summed E-state index contributed by atoms with van der Waals surface area (Å²) in [6, 6.07) is 4.92. The van der Waals surface area contributed by atoms with E-state index >= 15 is 0 Å². The lowest BCUT2D eigenvalue weighted by atomic mass is 10.3. The van der Waals surface area contributed by atoms with Crippen molar-refractivity contribution in [3.8, 4) is 0 Å². The maximum Gasteiger partial charge on any atom is 0.299 e. The predicted molar refractivity (Wildman–Crippen MR) is 69.4 cm³/mol. The van der Waals surface area contributed by atoms with Crippen LogP contribution in [-0.4, -0.2) is 15.0 Å². The largest absolute Gasteiger partial charge is 0.399 e. The molecular weight excluding hydrogens is 294 g/mol. The summed E-state index contributed by atoms with van der Waals surface area (Å²) in [4.78, 5) is 0. The van der Waals surface area contributed by atoms with E-state index in [-0.39, 0.29) is 0 Å². The number of hydrogen-bond donors (Lipinski definition) is 3. The van der Waals surface area contributed by atoms with Gasteiger partial charge in [-0.3, -0.25) is 4.72 Å². The van der Waals surface area contributed by atoms with E-state index in [4.69, 9.17) is 5.73 Å². The highest BCUT2D eigenvalue weighted by Crippen LogP contribution is 2.25. The molecule has 0 aromatic heterocycles. The Balaban J connectivity index is 2.83. The molecular formula is C9H14BrN3O2S. The Bertz CT molecular complexity index is 462. The van der Waals surface area contributed by atoms with Gasteiger partial charge >= 0.3 is 0 Å². The molecule has 0 amide bonds. The smallest absolute Gasteiger partial charge is 0.299 e. The molecule has 90 valence electrons. The third-order valence-electron chi connectivity index (χ3n) is 1.78. The summed E-state index contributed by atoms with van der Waals surface area (Å²) in [5.41, 5.74) is 6.49. The second-order valence-electron chi connectivity index (χ2n) is 3.24. The highest BCUT2D eigenvalue weighted by Gasteiger charge is 2.10. The number of rotatable bonds is 5. The Morgan fingerprint density at radius 1 is 1.44 bits per heavy atom. The van der Waals surface area contributed by atoms with Crippen molar-refractivity contribution in [1.29, 1.82) is 0 Å². The quantitative estimate of drug-likeness (QED) is 0.724. The number of nitrogens with two attached hydrogens (primary N) is 1. The zero-order chi connectivity index (χ0) is 12.2. The summed E-state index contributed by atoms with van der Waals surface area (Å²) < 4.78 is 28.5. The first-order chi connectivity index (χ1) is 7.44. The molecule has 1 rings (SSSR count). The fourth-order valence-corrected chi connectivity index (χ4v) is 2.52. The fraction of sp³-hybridized carbons (Fsp3) is 0.333. The van der Waals surface area contributed by atoms with Gasteiger partial charge in [0.1, 0.15) is 0 Å². The van der Waals surface area contributed by atoms with E-state index in [1.807, 2.05) is 6.92 Å². The van der Waals surface area contributed by atoms with Crippen LogP contribution in [0.5, 0.6) is 0 Å². The highest BCUT2D eigenvalue weighted by molar-refractivity contribution is 9.10. The molecule has 0 aliphatic carbocycles. The number of nitrogen functional groups attached to an aromatic ring is 1. The zero-order valence-electron chi connectivity index (χ0n) is 8.83. The zero-order valence-corrected chi connectivity index (χ0v) is 11.2. The first-order valence-electron chi connectivity index (χ1n) is 4.77. The fourth-order valence-electron chi connectivity index (χ4n) is 1.04. The van der Waals surface area contributed by atoms with Crippen molar-refractivity contribution in [2.45, 2.75) is 13.3 Å². The van der Waals surface area contributed by atoms with Crippen LogP contribution < -0.4 is 15.2 Å². The molecule has 5 nitrogen and oxygen atoms in total. The average Bonchev–Trinajstić information content (AvgIpc) is 2.20. The number of hydrogen-bond acceptors (Lipinski definition) is 3. The van der Waals surface area contributed by atoms with Gasteiger partial charge in [0, 0.05) is 16.7 Å². The van der Waals surface area contributed by atoms with Crippen LogP contribution in [0, 0.1) is 0 Å².